The fourth-order valence-electron chi connectivity index (χ4n) is 4.03. The van der Waals surface area contributed by atoms with Crippen molar-refractivity contribution >= 4 is 0 Å². The van der Waals surface area contributed by atoms with Crippen molar-refractivity contribution < 1.29 is 14.6 Å². The molecule has 2 unspecified atom stereocenters. The second kappa shape index (κ2) is 9.67. The first-order chi connectivity index (χ1) is 13.7. The van der Waals surface area contributed by atoms with E-state index < -0.39 is 5.60 Å². The number of hydrogen-bond donors (Lipinski definition) is 1. The molecule has 1 N–H and O–H groups in total. The molecule has 3 heteroatoms. The summed E-state index contributed by atoms with van der Waals surface area (Å²) in [6.07, 6.45) is 2.75. The number of methoxy groups -OCH3 is 1. The molecule has 0 aliphatic rings. The van der Waals surface area contributed by atoms with Crippen molar-refractivity contribution in [3.8, 4) is 11.5 Å². The highest BCUT2D eigenvalue weighted by molar-refractivity contribution is 5.46. The van der Waals surface area contributed by atoms with Crippen LogP contribution in [-0.2, 0) is 5.41 Å². The van der Waals surface area contributed by atoms with E-state index >= 15 is 0 Å². The van der Waals surface area contributed by atoms with Crippen molar-refractivity contribution in [2.24, 2.45) is 5.92 Å². The van der Waals surface area contributed by atoms with Gasteiger partial charge >= 0.3 is 0 Å². The third-order valence-corrected chi connectivity index (χ3v) is 6.84. The highest BCUT2D eigenvalue weighted by atomic mass is 16.5. The molecule has 0 amide bonds. The number of rotatable bonds is 10. The number of aliphatic hydroxyl groups is 1. The molecule has 0 saturated carbocycles. The van der Waals surface area contributed by atoms with Crippen LogP contribution in [0.25, 0.3) is 0 Å². The molecule has 2 rings (SSSR count). The normalized spacial score (nSPS) is 14.9. The van der Waals surface area contributed by atoms with Gasteiger partial charge in [0.05, 0.1) is 19.3 Å². The zero-order valence-corrected chi connectivity index (χ0v) is 19.2. The minimum absolute atomic E-state index is 0.0330. The van der Waals surface area contributed by atoms with E-state index in [1.54, 1.807) is 7.11 Å². The van der Waals surface area contributed by atoms with Crippen molar-refractivity contribution in [1.29, 1.82) is 0 Å². The van der Waals surface area contributed by atoms with Crippen LogP contribution in [0.15, 0.2) is 42.5 Å². The van der Waals surface area contributed by atoms with Crippen LogP contribution in [0.1, 0.15) is 70.6 Å². The lowest BCUT2D eigenvalue weighted by Gasteiger charge is -2.34. The lowest BCUT2D eigenvalue weighted by atomic mass is 9.70. The summed E-state index contributed by atoms with van der Waals surface area (Å²) in [6.45, 7) is 13.0. The Morgan fingerprint density at radius 2 is 1.52 bits per heavy atom. The predicted molar refractivity (Wildman–Crippen MR) is 121 cm³/mol. The molecule has 2 aromatic rings. The third kappa shape index (κ3) is 4.95. The lowest BCUT2D eigenvalue weighted by Crippen LogP contribution is -2.35. The molecule has 2 aromatic carbocycles. The Kier molecular flexibility index (Phi) is 7.76. The van der Waals surface area contributed by atoms with Gasteiger partial charge in [-0.25, -0.2) is 0 Å². The van der Waals surface area contributed by atoms with Gasteiger partial charge in [-0.3, -0.25) is 0 Å². The predicted octanol–water partition coefficient (Wildman–Crippen LogP) is 6.29. The maximum absolute atomic E-state index is 10.4. The molecule has 0 saturated heterocycles. The first-order valence-corrected chi connectivity index (χ1v) is 10.8. The van der Waals surface area contributed by atoms with Crippen LogP contribution in [0.3, 0.4) is 0 Å². The van der Waals surface area contributed by atoms with Crippen LogP contribution < -0.4 is 9.47 Å². The molecule has 0 radical (unpaired) electrons. The minimum Gasteiger partial charge on any atom is -0.496 e. The van der Waals surface area contributed by atoms with Crippen LogP contribution in [-0.4, -0.2) is 24.4 Å². The van der Waals surface area contributed by atoms with E-state index in [0.717, 1.165) is 29.9 Å². The average molecular weight is 399 g/mol. The Morgan fingerprint density at radius 3 is 2.00 bits per heavy atom. The topological polar surface area (TPSA) is 38.7 Å². The Labute approximate surface area is 177 Å². The van der Waals surface area contributed by atoms with E-state index in [1.807, 2.05) is 20.8 Å². The molecule has 0 spiro atoms. The minimum atomic E-state index is -0.703. The highest BCUT2D eigenvalue weighted by Gasteiger charge is 2.31. The molecule has 0 aromatic heterocycles. The van der Waals surface area contributed by atoms with Gasteiger partial charge in [-0.1, -0.05) is 52.0 Å². The van der Waals surface area contributed by atoms with Gasteiger partial charge in [0, 0.05) is 11.3 Å². The van der Waals surface area contributed by atoms with E-state index in [4.69, 9.17) is 9.47 Å². The number of hydrogen-bond acceptors (Lipinski definition) is 3. The Balaban J connectivity index is 2.25. The van der Waals surface area contributed by atoms with Crippen molar-refractivity contribution in [1.82, 2.24) is 0 Å². The molecular formula is C26H38O3. The summed E-state index contributed by atoms with van der Waals surface area (Å²) in [7, 11) is 1.72. The molecule has 2 atom stereocenters. The van der Waals surface area contributed by atoms with E-state index in [2.05, 4.69) is 63.2 Å². The maximum Gasteiger partial charge on any atom is 0.121 e. The first kappa shape index (κ1) is 23.3. The highest BCUT2D eigenvalue weighted by Crippen LogP contribution is 2.40. The SMILES string of the molecule is CCC(CC)(c1ccc(OCC(C)C(C)(O)CC)cc1)c1ccc(OC)c(C)c1. The number of aryl methyl sites for hydroxylation is 1. The van der Waals surface area contributed by atoms with E-state index in [0.29, 0.717) is 13.0 Å². The molecule has 0 bridgehead atoms. The zero-order chi connectivity index (χ0) is 21.7. The van der Waals surface area contributed by atoms with Crippen LogP contribution in [0, 0.1) is 12.8 Å². The standard InChI is InChI=1S/C26H38O3/c1-8-25(6,27)20(5)18-29-23-14-11-21(12-15-23)26(9-2,10-3)22-13-16-24(28-7)19(4)17-22/h11-17,20,27H,8-10,18H2,1-7H3. The second-order valence-electron chi connectivity index (χ2n) is 8.42. The number of benzene rings is 2. The Hall–Kier alpha value is -2.00. The number of ether oxygens (including phenoxy) is 2. The summed E-state index contributed by atoms with van der Waals surface area (Å²) in [5.74, 6) is 1.84. The van der Waals surface area contributed by atoms with Gasteiger partial charge in [0.25, 0.3) is 0 Å². The molecule has 29 heavy (non-hydrogen) atoms. The molecule has 0 aliphatic carbocycles. The van der Waals surface area contributed by atoms with Gasteiger partial charge in [0.15, 0.2) is 0 Å². The third-order valence-electron chi connectivity index (χ3n) is 6.84. The van der Waals surface area contributed by atoms with Gasteiger partial charge < -0.3 is 14.6 Å². The Bertz CT molecular complexity index is 773. The quantitative estimate of drug-likeness (QED) is 0.511. The monoisotopic (exact) mass is 398 g/mol. The van der Waals surface area contributed by atoms with E-state index in [-0.39, 0.29) is 11.3 Å². The van der Waals surface area contributed by atoms with Crippen molar-refractivity contribution in [3.63, 3.8) is 0 Å². The summed E-state index contributed by atoms with van der Waals surface area (Å²) in [5.41, 5.74) is 3.05. The summed E-state index contributed by atoms with van der Waals surface area (Å²) in [6, 6.07) is 15.0. The van der Waals surface area contributed by atoms with Gasteiger partial charge in [-0.15, -0.1) is 0 Å². The Morgan fingerprint density at radius 1 is 0.931 bits per heavy atom. The smallest absolute Gasteiger partial charge is 0.121 e. The summed E-state index contributed by atoms with van der Waals surface area (Å²) in [5, 5.41) is 10.4. The van der Waals surface area contributed by atoms with E-state index in [1.165, 1.54) is 11.1 Å². The van der Waals surface area contributed by atoms with Crippen LogP contribution >= 0.6 is 0 Å². The van der Waals surface area contributed by atoms with Gasteiger partial charge in [0.2, 0.25) is 0 Å². The summed E-state index contributed by atoms with van der Waals surface area (Å²) in [4.78, 5) is 0. The summed E-state index contributed by atoms with van der Waals surface area (Å²) >= 11 is 0. The fourth-order valence-corrected chi connectivity index (χ4v) is 4.03. The van der Waals surface area contributed by atoms with Gasteiger partial charge in [-0.05, 0) is 68.0 Å². The van der Waals surface area contributed by atoms with Gasteiger partial charge in [-0.2, -0.15) is 0 Å². The van der Waals surface area contributed by atoms with Crippen LogP contribution in [0.5, 0.6) is 11.5 Å². The van der Waals surface area contributed by atoms with Crippen molar-refractivity contribution in [2.45, 2.75) is 71.8 Å². The fraction of sp³-hybridized carbons (Fsp3) is 0.538. The molecule has 0 fully saturated rings. The molecule has 0 heterocycles. The van der Waals surface area contributed by atoms with Crippen LogP contribution in [0.4, 0.5) is 0 Å². The molecule has 160 valence electrons. The summed E-state index contributed by atoms with van der Waals surface area (Å²) < 4.78 is 11.4. The van der Waals surface area contributed by atoms with Crippen molar-refractivity contribution in [2.75, 3.05) is 13.7 Å². The zero-order valence-electron chi connectivity index (χ0n) is 19.2. The maximum atomic E-state index is 10.4. The average Bonchev–Trinajstić information content (AvgIpc) is 2.74. The van der Waals surface area contributed by atoms with E-state index in [9.17, 15) is 5.11 Å². The largest absolute Gasteiger partial charge is 0.496 e. The second-order valence-corrected chi connectivity index (χ2v) is 8.42. The van der Waals surface area contributed by atoms with Crippen LogP contribution in [0.2, 0.25) is 0 Å². The molecular weight excluding hydrogens is 360 g/mol. The van der Waals surface area contributed by atoms with Crippen molar-refractivity contribution in [3.05, 3.63) is 59.2 Å². The molecule has 3 nitrogen and oxygen atoms in total. The molecule has 0 aliphatic heterocycles. The first-order valence-electron chi connectivity index (χ1n) is 10.8. The lowest BCUT2D eigenvalue weighted by molar-refractivity contribution is -0.0149. The van der Waals surface area contributed by atoms with Gasteiger partial charge in [0.1, 0.15) is 11.5 Å².